The predicted octanol–water partition coefficient (Wildman–Crippen LogP) is 1.33. The quantitative estimate of drug-likeness (QED) is 0.837. The molecule has 0 bridgehead atoms. The highest BCUT2D eigenvalue weighted by Crippen LogP contribution is 2.31. The molecule has 22 heavy (non-hydrogen) atoms. The first-order chi connectivity index (χ1) is 10.6. The molecular weight excluding hydrogens is 286 g/mol. The number of nitrogens with one attached hydrogen (secondary N) is 1. The average Bonchev–Trinajstić information content (AvgIpc) is 2.52. The van der Waals surface area contributed by atoms with Crippen molar-refractivity contribution in [3.8, 4) is 22.9 Å². The number of aromatic amines is 1. The molecule has 0 fully saturated rings. The van der Waals surface area contributed by atoms with Gasteiger partial charge in [-0.3, -0.25) is 9.59 Å². The predicted molar refractivity (Wildman–Crippen MR) is 81.1 cm³/mol. The van der Waals surface area contributed by atoms with Gasteiger partial charge in [-0.1, -0.05) is 6.92 Å². The molecule has 0 aliphatic rings. The van der Waals surface area contributed by atoms with Gasteiger partial charge in [-0.05, 0) is 24.6 Å². The first-order valence-corrected chi connectivity index (χ1v) is 6.77. The van der Waals surface area contributed by atoms with Crippen molar-refractivity contribution in [2.45, 2.75) is 13.3 Å². The van der Waals surface area contributed by atoms with Crippen LogP contribution in [0.25, 0.3) is 11.4 Å². The second-order valence-corrected chi connectivity index (χ2v) is 4.55. The van der Waals surface area contributed by atoms with Crippen molar-refractivity contribution in [2.24, 2.45) is 5.73 Å². The van der Waals surface area contributed by atoms with Gasteiger partial charge in [-0.15, -0.1) is 0 Å². The average molecular weight is 303 g/mol. The van der Waals surface area contributed by atoms with Crippen LogP contribution in [-0.2, 0) is 0 Å². The second-order valence-electron chi connectivity index (χ2n) is 4.55. The Bertz CT molecular complexity index is 740. The number of nitrogens with two attached hydrogens (primary N) is 1. The van der Waals surface area contributed by atoms with Gasteiger partial charge in [-0.25, -0.2) is 4.98 Å². The molecule has 1 aromatic heterocycles. The Balaban J connectivity index is 2.51. The van der Waals surface area contributed by atoms with Gasteiger partial charge in [0.05, 0.1) is 19.3 Å². The maximum absolute atomic E-state index is 11.9. The molecule has 0 aliphatic heterocycles. The maximum Gasteiger partial charge on any atom is 0.264 e. The highest BCUT2D eigenvalue weighted by molar-refractivity contribution is 5.92. The molecule has 0 saturated carbocycles. The van der Waals surface area contributed by atoms with Crippen molar-refractivity contribution in [1.82, 2.24) is 9.97 Å². The Morgan fingerprint density at radius 2 is 2.18 bits per heavy atom. The van der Waals surface area contributed by atoms with E-state index in [-0.39, 0.29) is 11.4 Å². The summed E-state index contributed by atoms with van der Waals surface area (Å²) in [6.07, 6.45) is 2.00. The zero-order valence-corrected chi connectivity index (χ0v) is 12.4. The van der Waals surface area contributed by atoms with E-state index in [1.165, 1.54) is 7.11 Å². The minimum absolute atomic E-state index is 0.192. The van der Waals surface area contributed by atoms with Gasteiger partial charge in [0.25, 0.3) is 11.5 Å². The number of hydrogen-bond donors (Lipinski definition) is 2. The summed E-state index contributed by atoms with van der Waals surface area (Å²) in [6, 6.07) is 5.20. The maximum atomic E-state index is 11.9. The first-order valence-electron chi connectivity index (χ1n) is 6.77. The summed E-state index contributed by atoms with van der Waals surface area (Å²) in [5.41, 5.74) is 4.88. The molecule has 0 radical (unpaired) electrons. The van der Waals surface area contributed by atoms with Gasteiger partial charge in [-0.2, -0.15) is 0 Å². The molecule has 3 N–H and O–H groups in total. The molecule has 0 atom stereocenters. The fourth-order valence-electron chi connectivity index (χ4n) is 1.87. The lowest BCUT2D eigenvalue weighted by atomic mass is 10.1. The van der Waals surface area contributed by atoms with Crippen LogP contribution in [0, 0.1) is 0 Å². The van der Waals surface area contributed by atoms with Crippen molar-refractivity contribution >= 4 is 5.91 Å². The largest absolute Gasteiger partial charge is 0.497 e. The van der Waals surface area contributed by atoms with Crippen LogP contribution in [0.15, 0.2) is 29.2 Å². The second kappa shape index (κ2) is 6.75. The lowest BCUT2D eigenvalue weighted by Gasteiger charge is -2.12. The highest BCUT2D eigenvalue weighted by atomic mass is 16.5. The third kappa shape index (κ3) is 3.25. The van der Waals surface area contributed by atoms with E-state index in [2.05, 4.69) is 9.97 Å². The van der Waals surface area contributed by atoms with E-state index < -0.39 is 11.5 Å². The summed E-state index contributed by atoms with van der Waals surface area (Å²) in [5, 5.41) is 0. The van der Waals surface area contributed by atoms with E-state index in [0.717, 1.165) is 12.6 Å². The lowest BCUT2D eigenvalue weighted by Crippen LogP contribution is -2.24. The fraction of sp³-hybridized carbons (Fsp3) is 0.267. The van der Waals surface area contributed by atoms with Crippen molar-refractivity contribution in [3.05, 3.63) is 40.3 Å². The summed E-state index contributed by atoms with van der Waals surface area (Å²) in [6.45, 7) is 2.52. The number of carbonyl (C=O) groups excluding carboxylic acids is 1. The number of benzene rings is 1. The minimum atomic E-state index is -0.826. The van der Waals surface area contributed by atoms with Gasteiger partial charge in [0, 0.05) is 6.20 Å². The van der Waals surface area contributed by atoms with Crippen molar-refractivity contribution in [2.75, 3.05) is 13.7 Å². The van der Waals surface area contributed by atoms with Gasteiger partial charge < -0.3 is 20.2 Å². The highest BCUT2D eigenvalue weighted by Gasteiger charge is 2.13. The Morgan fingerprint density at radius 3 is 2.77 bits per heavy atom. The Labute approximate surface area is 127 Å². The van der Waals surface area contributed by atoms with Crippen LogP contribution in [0.4, 0.5) is 0 Å². The molecule has 7 heteroatoms. The minimum Gasteiger partial charge on any atom is -0.497 e. The van der Waals surface area contributed by atoms with E-state index in [1.807, 2.05) is 6.92 Å². The fourth-order valence-corrected chi connectivity index (χ4v) is 1.87. The summed E-state index contributed by atoms with van der Waals surface area (Å²) in [5.74, 6) is 0.617. The van der Waals surface area contributed by atoms with Crippen molar-refractivity contribution in [1.29, 1.82) is 0 Å². The zero-order valence-electron chi connectivity index (χ0n) is 12.4. The molecule has 116 valence electrons. The SMILES string of the molecule is CCCOc1ccc(OC)cc1-c1ncc(C(N)=O)c(=O)[nH]1. The monoisotopic (exact) mass is 303 g/mol. The summed E-state index contributed by atoms with van der Waals surface area (Å²) < 4.78 is 10.8. The molecule has 0 unspecified atom stereocenters. The van der Waals surface area contributed by atoms with E-state index >= 15 is 0 Å². The van der Waals surface area contributed by atoms with E-state index in [9.17, 15) is 9.59 Å². The Morgan fingerprint density at radius 1 is 1.41 bits per heavy atom. The smallest absolute Gasteiger partial charge is 0.264 e. The van der Waals surface area contributed by atoms with Gasteiger partial charge >= 0.3 is 0 Å². The lowest BCUT2D eigenvalue weighted by molar-refractivity contribution is 0.0998. The van der Waals surface area contributed by atoms with E-state index in [1.54, 1.807) is 18.2 Å². The molecular formula is C15H17N3O4. The molecule has 2 aromatic rings. The van der Waals surface area contributed by atoms with Gasteiger partial charge in [0.2, 0.25) is 0 Å². The molecule has 1 heterocycles. The first kappa shape index (κ1) is 15.6. The van der Waals surface area contributed by atoms with Gasteiger partial charge in [0.1, 0.15) is 22.9 Å². The number of H-pyrrole nitrogens is 1. The van der Waals surface area contributed by atoms with Crippen LogP contribution in [0.1, 0.15) is 23.7 Å². The molecule has 0 saturated heterocycles. The number of primary amides is 1. The van der Waals surface area contributed by atoms with Crippen LogP contribution < -0.4 is 20.8 Å². The number of hydrogen-bond acceptors (Lipinski definition) is 5. The number of carbonyl (C=O) groups is 1. The number of nitrogens with zero attached hydrogens (tertiary/aromatic N) is 1. The molecule has 0 spiro atoms. The van der Waals surface area contributed by atoms with Crippen LogP contribution in [-0.4, -0.2) is 29.6 Å². The number of aromatic nitrogens is 2. The topological polar surface area (TPSA) is 107 Å². The van der Waals surface area contributed by atoms with Crippen LogP contribution in [0.5, 0.6) is 11.5 Å². The third-order valence-electron chi connectivity index (χ3n) is 2.97. The number of methoxy groups -OCH3 is 1. The van der Waals surface area contributed by atoms with Crippen molar-refractivity contribution < 1.29 is 14.3 Å². The van der Waals surface area contributed by atoms with E-state index in [4.69, 9.17) is 15.2 Å². The molecule has 7 nitrogen and oxygen atoms in total. The number of rotatable bonds is 6. The third-order valence-corrected chi connectivity index (χ3v) is 2.97. The van der Waals surface area contributed by atoms with Gasteiger partial charge in [0.15, 0.2) is 0 Å². The van der Waals surface area contributed by atoms with Crippen LogP contribution >= 0.6 is 0 Å². The molecule has 0 aliphatic carbocycles. The molecule has 1 aromatic carbocycles. The normalized spacial score (nSPS) is 10.3. The number of ether oxygens (including phenoxy) is 2. The number of amides is 1. The molecule has 2 rings (SSSR count). The molecule has 1 amide bonds. The standard InChI is InChI=1S/C15H17N3O4/c1-3-6-22-12-5-4-9(21-2)7-10(12)14-17-8-11(13(16)19)15(20)18-14/h4-5,7-8H,3,6H2,1-2H3,(H2,16,19)(H,17,18,20). The summed E-state index contributed by atoms with van der Waals surface area (Å²) >= 11 is 0. The Kier molecular flexibility index (Phi) is 4.77. The Hall–Kier alpha value is -2.83. The summed E-state index contributed by atoms with van der Waals surface area (Å²) in [7, 11) is 1.54. The zero-order chi connectivity index (χ0) is 16.1. The van der Waals surface area contributed by atoms with Crippen LogP contribution in [0.3, 0.4) is 0 Å². The summed E-state index contributed by atoms with van der Waals surface area (Å²) in [4.78, 5) is 29.6. The van der Waals surface area contributed by atoms with Crippen LogP contribution in [0.2, 0.25) is 0 Å². The van der Waals surface area contributed by atoms with Crippen molar-refractivity contribution in [3.63, 3.8) is 0 Å². The van der Waals surface area contributed by atoms with E-state index in [0.29, 0.717) is 23.7 Å².